The van der Waals surface area contributed by atoms with E-state index >= 15 is 0 Å². The molecule has 3 aromatic carbocycles. The first kappa shape index (κ1) is 19.9. The van der Waals surface area contributed by atoms with E-state index in [9.17, 15) is 9.59 Å². The predicted octanol–water partition coefficient (Wildman–Crippen LogP) is 4.62. The van der Waals surface area contributed by atoms with Crippen LogP contribution >= 0.6 is 0 Å². The van der Waals surface area contributed by atoms with Crippen molar-refractivity contribution in [3.8, 4) is 0 Å². The van der Waals surface area contributed by atoms with Crippen LogP contribution in [0.25, 0.3) is 0 Å². The zero-order chi connectivity index (χ0) is 20.8. The molecule has 0 unspecified atom stereocenters. The molecule has 4 rings (SSSR count). The highest BCUT2D eigenvalue weighted by Gasteiger charge is 2.27. The van der Waals surface area contributed by atoms with Crippen molar-refractivity contribution in [3.63, 3.8) is 0 Å². The molecule has 1 N–H and O–H groups in total. The largest absolute Gasteiger partial charge is 0.371 e. The topological polar surface area (TPSA) is 49.4 Å². The van der Waals surface area contributed by atoms with Crippen molar-refractivity contribution in [1.82, 2.24) is 5.32 Å². The second-order valence-electron chi connectivity index (χ2n) is 7.73. The summed E-state index contributed by atoms with van der Waals surface area (Å²) in [5, 5.41) is 3.29. The number of carbonyl (C=O) groups excluding carboxylic acids is 2. The highest BCUT2D eigenvalue weighted by Crippen LogP contribution is 2.26. The third-order valence-corrected chi connectivity index (χ3v) is 5.81. The number of rotatable bonds is 6. The first-order valence-corrected chi connectivity index (χ1v) is 10.4. The summed E-state index contributed by atoms with van der Waals surface area (Å²) in [5.41, 5.74) is 3.96. The number of amides is 1. The average molecular weight is 399 g/mol. The SMILES string of the molecule is O=Cc1ccc(N2CCC(C(=O)NC(c3ccccc3)c3ccccc3)CC2)cc1. The monoisotopic (exact) mass is 398 g/mol. The maximum atomic E-state index is 13.1. The lowest BCUT2D eigenvalue weighted by atomic mass is 9.93. The van der Waals surface area contributed by atoms with E-state index in [2.05, 4.69) is 34.5 Å². The molecule has 1 saturated heterocycles. The van der Waals surface area contributed by atoms with E-state index in [1.54, 1.807) is 0 Å². The lowest BCUT2D eigenvalue weighted by Gasteiger charge is -2.34. The molecule has 0 bridgehead atoms. The molecular weight excluding hydrogens is 372 g/mol. The minimum atomic E-state index is -0.145. The van der Waals surface area contributed by atoms with Gasteiger partial charge in [0.1, 0.15) is 6.29 Å². The van der Waals surface area contributed by atoms with Crippen LogP contribution in [-0.2, 0) is 4.79 Å². The van der Waals surface area contributed by atoms with Gasteiger partial charge in [0.25, 0.3) is 0 Å². The Balaban J connectivity index is 1.42. The molecule has 1 aliphatic rings. The summed E-state index contributed by atoms with van der Waals surface area (Å²) in [6, 6.07) is 27.7. The first-order chi connectivity index (χ1) is 14.7. The van der Waals surface area contributed by atoms with E-state index in [1.807, 2.05) is 60.7 Å². The van der Waals surface area contributed by atoms with Gasteiger partial charge >= 0.3 is 0 Å². The minimum absolute atomic E-state index is 0.00502. The molecule has 30 heavy (non-hydrogen) atoms. The number of piperidine rings is 1. The molecule has 0 aliphatic carbocycles. The maximum Gasteiger partial charge on any atom is 0.223 e. The number of hydrogen-bond donors (Lipinski definition) is 1. The third-order valence-electron chi connectivity index (χ3n) is 5.81. The molecule has 0 radical (unpaired) electrons. The highest BCUT2D eigenvalue weighted by atomic mass is 16.2. The van der Waals surface area contributed by atoms with Crippen molar-refractivity contribution in [3.05, 3.63) is 102 Å². The van der Waals surface area contributed by atoms with Gasteiger partial charge in [-0.3, -0.25) is 9.59 Å². The fourth-order valence-electron chi connectivity index (χ4n) is 4.07. The van der Waals surface area contributed by atoms with Crippen LogP contribution in [-0.4, -0.2) is 25.3 Å². The summed E-state index contributed by atoms with van der Waals surface area (Å²) in [6.45, 7) is 1.67. The molecule has 1 aliphatic heterocycles. The summed E-state index contributed by atoms with van der Waals surface area (Å²) in [7, 11) is 0. The molecule has 1 fully saturated rings. The minimum Gasteiger partial charge on any atom is -0.371 e. The van der Waals surface area contributed by atoms with E-state index in [-0.39, 0.29) is 17.9 Å². The van der Waals surface area contributed by atoms with E-state index in [0.717, 1.165) is 49.0 Å². The smallest absolute Gasteiger partial charge is 0.223 e. The molecule has 3 aromatic rings. The molecular formula is C26H26N2O2. The molecule has 0 saturated carbocycles. The van der Waals surface area contributed by atoms with Gasteiger partial charge in [0.2, 0.25) is 5.91 Å². The maximum absolute atomic E-state index is 13.1. The summed E-state index contributed by atoms with van der Waals surface area (Å²) < 4.78 is 0. The van der Waals surface area contributed by atoms with Crippen molar-refractivity contribution in [1.29, 1.82) is 0 Å². The van der Waals surface area contributed by atoms with Gasteiger partial charge in [-0.2, -0.15) is 0 Å². The molecule has 4 heteroatoms. The Morgan fingerprint density at radius 3 is 1.87 bits per heavy atom. The molecule has 0 aromatic heterocycles. The van der Waals surface area contributed by atoms with Gasteiger partial charge in [0.05, 0.1) is 6.04 Å². The van der Waals surface area contributed by atoms with Crippen molar-refractivity contribution >= 4 is 17.9 Å². The number of benzene rings is 3. The van der Waals surface area contributed by atoms with Crippen molar-refractivity contribution < 1.29 is 9.59 Å². The number of nitrogens with zero attached hydrogens (tertiary/aromatic N) is 1. The molecule has 0 spiro atoms. The van der Waals surface area contributed by atoms with Crippen molar-refractivity contribution in [2.75, 3.05) is 18.0 Å². The van der Waals surface area contributed by atoms with Crippen LogP contribution in [0, 0.1) is 5.92 Å². The van der Waals surface area contributed by atoms with E-state index in [1.165, 1.54) is 0 Å². The van der Waals surface area contributed by atoms with Gasteiger partial charge in [-0.25, -0.2) is 0 Å². The summed E-state index contributed by atoms with van der Waals surface area (Å²) in [6.07, 6.45) is 2.49. The quantitative estimate of drug-likeness (QED) is 0.617. The zero-order valence-corrected chi connectivity index (χ0v) is 16.9. The summed E-state index contributed by atoms with van der Waals surface area (Å²) in [5.74, 6) is 0.120. The fraction of sp³-hybridized carbons (Fsp3) is 0.231. The van der Waals surface area contributed by atoms with Crippen molar-refractivity contribution in [2.45, 2.75) is 18.9 Å². The second kappa shape index (κ2) is 9.40. The van der Waals surface area contributed by atoms with Crippen molar-refractivity contribution in [2.24, 2.45) is 5.92 Å². The summed E-state index contributed by atoms with van der Waals surface area (Å²) >= 11 is 0. The lowest BCUT2D eigenvalue weighted by molar-refractivity contribution is -0.126. The van der Waals surface area contributed by atoms with Gasteiger partial charge in [0, 0.05) is 30.3 Å². The summed E-state index contributed by atoms with van der Waals surface area (Å²) in [4.78, 5) is 26.2. The Kier molecular flexibility index (Phi) is 6.23. The molecule has 4 nitrogen and oxygen atoms in total. The highest BCUT2D eigenvalue weighted by molar-refractivity contribution is 5.80. The van der Waals surface area contributed by atoms with Gasteiger partial charge in [-0.1, -0.05) is 60.7 Å². The average Bonchev–Trinajstić information content (AvgIpc) is 2.83. The van der Waals surface area contributed by atoms with E-state index in [0.29, 0.717) is 5.56 Å². The van der Waals surface area contributed by atoms with Crippen LogP contribution in [0.15, 0.2) is 84.9 Å². The molecule has 0 atom stereocenters. The Morgan fingerprint density at radius 2 is 1.37 bits per heavy atom. The molecule has 1 heterocycles. The number of nitrogens with one attached hydrogen (secondary N) is 1. The lowest BCUT2D eigenvalue weighted by Crippen LogP contribution is -2.41. The second-order valence-corrected chi connectivity index (χ2v) is 7.73. The number of anilines is 1. The van der Waals surface area contributed by atoms with Crippen LogP contribution in [0.2, 0.25) is 0 Å². The standard InChI is InChI=1S/C26H26N2O2/c29-19-20-11-13-24(14-12-20)28-17-15-23(16-18-28)26(30)27-25(21-7-3-1-4-8-21)22-9-5-2-6-10-22/h1-14,19,23,25H,15-18H2,(H,27,30). The first-order valence-electron chi connectivity index (χ1n) is 10.4. The molecule has 1 amide bonds. The predicted molar refractivity (Wildman–Crippen MR) is 120 cm³/mol. The van der Waals surface area contributed by atoms with Crippen LogP contribution in [0.3, 0.4) is 0 Å². The van der Waals surface area contributed by atoms with Gasteiger partial charge < -0.3 is 10.2 Å². The van der Waals surface area contributed by atoms with Gasteiger partial charge in [-0.05, 0) is 48.2 Å². The number of aldehydes is 1. The Labute approximate surface area is 177 Å². The van der Waals surface area contributed by atoms with Crippen LogP contribution in [0.4, 0.5) is 5.69 Å². The van der Waals surface area contributed by atoms with Gasteiger partial charge in [0.15, 0.2) is 0 Å². The van der Waals surface area contributed by atoms with Crippen LogP contribution in [0.5, 0.6) is 0 Å². The van der Waals surface area contributed by atoms with Crippen LogP contribution in [0.1, 0.15) is 40.4 Å². The van der Waals surface area contributed by atoms with Gasteiger partial charge in [-0.15, -0.1) is 0 Å². The normalized spacial score (nSPS) is 14.5. The van der Waals surface area contributed by atoms with E-state index in [4.69, 9.17) is 0 Å². The zero-order valence-electron chi connectivity index (χ0n) is 16.9. The Morgan fingerprint density at radius 1 is 0.833 bits per heavy atom. The number of hydrogen-bond acceptors (Lipinski definition) is 3. The van der Waals surface area contributed by atoms with E-state index < -0.39 is 0 Å². The molecule has 152 valence electrons. The Bertz CT molecular complexity index is 923. The number of carbonyl (C=O) groups is 2. The third kappa shape index (κ3) is 4.60. The Hall–Kier alpha value is -3.40. The van der Waals surface area contributed by atoms with Crippen LogP contribution < -0.4 is 10.2 Å². The fourth-order valence-corrected chi connectivity index (χ4v) is 4.07.